The van der Waals surface area contributed by atoms with E-state index in [4.69, 9.17) is 27.2 Å². The fourth-order valence-corrected chi connectivity index (χ4v) is 2.57. The zero-order valence-electron chi connectivity index (χ0n) is 12.6. The number of primary amides is 1. The zero-order chi connectivity index (χ0) is 17.1. The number of aliphatic hydroxyl groups excluding tert-OH is 1. The third-order valence-corrected chi connectivity index (χ3v) is 3.74. The molecule has 0 bridgehead atoms. The minimum absolute atomic E-state index is 0.0921. The highest BCUT2D eigenvalue weighted by molar-refractivity contribution is 6.32. The van der Waals surface area contributed by atoms with Crippen molar-refractivity contribution >= 4 is 28.4 Å². The molecule has 3 rings (SSSR count). The summed E-state index contributed by atoms with van der Waals surface area (Å²) in [6.07, 6.45) is 3.32. The van der Waals surface area contributed by atoms with E-state index in [2.05, 4.69) is 9.97 Å². The number of hydrogen-bond donors (Lipinski definition) is 2. The van der Waals surface area contributed by atoms with Gasteiger partial charge in [0.25, 0.3) is 5.91 Å². The largest absolute Gasteiger partial charge is 0.490 e. The average molecular weight is 344 g/mol. The molecule has 0 saturated carbocycles. The van der Waals surface area contributed by atoms with Gasteiger partial charge in [-0.25, -0.2) is 4.98 Å². The number of aliphatic hydroxyl groups is 1. The van der Waals surface area contributed by atoms with Crippen LogP contribution in [-0.2, 0) is 0 Å². The van der Waals surface area contributed by atoms with Gasteiger partial charge in [-0.15, -0.1) is 0 Å². The standard InChI is InChI=1S/C17H14ClN3O3/c18-13-7-10(2-4-15(13)24-6-5-22)12-9-20-8-11-1-3-14(17(19)23)21-16(11)12/h1-4,7-9,22H,5-6H2,(H2,19,23). The number of pyridine rings is 2. The monoisotopic (exact) mass is 343 g/mol. The molecule has 0 atom stereocenters. The van der Waals surface area contributed by atoms with E-state index < -0.39 is 5.91 Å². The third-order valence-electron chi connectivity index (χ3n) is 3.44. The van der Waals surface area contributed by atoms with Crippen LogP contribution in [0.3, 0.4) is 0 Å². The van der Waals surface area contributed by atoms with Crippen molar-refractivity contribution in [2.24, 2.45) is 5.73 Å². The summed E-state index contributed by atoms with van der Waals surface area (Å²) in [6, 6.07) is 8.56. The van der Waals surface area contributed by atoms with Crippen molar-refractivity contribution in [1.82, 2.24) is 9.97 Å². The minimum Gasteiger partial charge on any atom is -0.490 e. The van der Waals surface area contributed by atoms with Crippen LogP contribution in [0.15, 0.2) is 42.7 Å². The predicted molar refractivity (Wildman–Crippen MR) is 91.1 cm³/mol. The number of carbonyl (C=O) groups excluding carboxylic acids is 1. The molecule has 0 radical (unpaired) electrons. The average Bonchev–Trinajstić information content (AvgIpc) is 2.59. The lowest BCUT2D eigenvalue weighted by Gasteiger charge is -2.10. The van der Waals surface area contributed by atoms with Crippen LogP contribution in [0.5, 0.6) is 5.75 Å². The maximum atomic E-state index is 11.4. The molecule has 0 aliphatic rings. The molecule has 2 heterocycles. The summed E-state index contributed by atoms with van der Waals surface area (Å²) in [4.78, 5) is 19.9. The first-order valence-electron chi connectivity index (χ1n) is 7.18. The molecule has 6 nitrogen and oxygen atoms in total. The van der Waals surface area contributed by atoms with Gasteiger partial charge >= 0.3 is 0 Å². The van der Waals surface area contributed by atoms with Crippen molar-refractivity contribution in [2.75, 3.05) is 13.2 Å². The van der Waals surface area contributed by atoms with Gasteiger partial charge in [0.2, 0.25) is 0 Å². The van der Waals surface area contributed by atoms with Crippen LogP contribution in [0.2, 0.25) is 5.02 Å². The van der Waals surface area contributed by atoms with Crippen LogP contribution in [0.1, 0.15) is 10.5 Å². The minimum atomic E-state index is -0.592. The molecule has 0 spiro atoms. The molecule has 0 unspecified atom stereocenters. The quantitative estimate of drug-likeness (QED) is 0.741. The van der Waals surface area contributed by atoms with Gasteiger partial charge in [-0.3, -0.25) is 9.78 Å². The Bertz CT molecular complexity index is 915. The SMILES string of the molecule is NC(=O)c1ccc2cncc(-c3ccc(OCCO)c(Cl)c3)c2n1. The van der Waals surface area contributed by atoms with Crippen LogP contribution in [0, 0.1) is 0 Å². The zero-order valence-corrected chi connectivity index (χ0v) is 13.3. The van der Waals surface area contributed by atoms with Crippen LogP contribution >= 0.6 is 11.6 Å². The second kappa shape index (κ2) is 6.82. The van der Waals surface area contributed by atoms with Gasteiger partial charge in [0.05, 0.1) is 17.1 Å². The Morgan fingerprint density at radius 3 is 2.79 bits per heavy atom. The van der Waals surface area contributed by atoms with Crippen molar-refractivity contribution in [3.05, 3.63) is 53.4 Å². The third kappa shape index (κ3) is 3.15. The Labute approximate surface area is 142 Å². The van der Waals surface area contributed by atoms with Gasteiger partial charge in [0.1, 0.15) is 18.1 Å². The Hall–Kier alpha value is -2.70. The normalized spacial score (nSPS) is 10.8. The number of ether oxygens (including phenoxy) is 1. The van der Waals surface area contributed by atoms with Gasteiger partial charge in [-0.2, -0.15) is 0 Å². The van der Waals surface area contributed by atoms with E-state index >= 15 is 0 Å². The number of aromatic nitrogens is 2. The molecule has 122 valence electrons. The van der Waals surface area contributed by atoms with E-state index in [1.165, 1.54) is 0 Å². The molecule has 7 heteroatoms. The molecule has 3 aromatic rings. The van der Waals surface area contributed by atoms with E-state index in [-0.39, 0.29) is 18.9 Å². The number of nitrogens with zero attached hydrogens (tertiary/aromatic N) is 2. The maximum absolute atomic E-state index is 11.4. The molecule has 3 N–H and O–H groups in total. The highest BCUT2D eigenvalue weighted by Gasteiger charge is 2.11. The highest BCUT2D eigenvalue weighted by Crippen LogP contribution is 2.33. The first-order chi connectivity index (χ1) is 11.6. The number of rotatable bonds is 5. The number of amides is 1. The van der Waals surface area contributed by atoms with E-state index in [0.717, 1.165) is 16.5 Å². The first kappa shape index (κ1) is 16.2. The maximum Gasteiger partial charge on any atom is 0.267 e. The molecule has 1 aromatic carbocycles. The molecule has 0 fully saturated rings. The van der Waals surface area contributed by atoms with E-state index in [1.54, 1.807) is 36.7 Å². The fraction of sp³-hybridized carbons (Fsp3) is 0.118. The number of hydrogen-bond acceptors (Lipinski definition) is 5. The summed E-state index contributed by atoms with van der Waals surface area (Å²) in [5.74, 6) is -0.112. The lowest BCUT2D eigenvalue weighted by atomic mass is 10.0. The summed E-state index contributed by atoms with van der Waals surface area (Å²) in [7, 11) is 0. The summed E-state index contributed by atoms with van der Waals surface area (Å²) in [5.41, 5.74) is 7.61. The van der Waals surface area contributed by atoms with Crippen molar-refractivity contribution < 1.29 is 14.6 Å². The van der Waals surface area contributed by atoms with Crippen molar-refractivity contribution in [3.8, 4) is 16.9 Å². The molecule has 0 aliphatic heterocycles. The number of fused-ring (bicyclic) bond motifs is 1. The van der Waals surface area contributed by atoms with E-state index in [0.29, 0.717) is 16.3 Å². The second-order valence-corrected chi connectivity index (χ2v) is 5.44. The van der Waals surface area contributed by atoms with Crippen LogP contribution < -0.4 is 10.5 Å². The van der Waals surface area contributed by atoms with E-state index in [1.807, 2.05) is 6.07 Å². The van der Waals surface area contributed by atoms with Gasteiger partial charge < -0.3 is 15.6 Å². The predicted octanol–water partition coefficient (Wildman–Crippen LogP) is 2.42. The molecular weight excluding hydrogens is 330 g/mol. The highest BCUT2D eigenvalue weighted by atomic mass is 35.5. The topological polar surface area (TPSA) is 98.3 Å². The number of halogens is 1. The summed E-state index contributed by atoms with van der Waals surface area (Å²) < 4.78 is 5.34. The van der Waals surface area contributed by atoms with Gasteiger partial charge in [-0.1, -0.05) is 17.7 Å². The first-order valence-corrected chi connectivity index (χ1v) is 7.56. The Morgan fingerprint density at radius 2 is 2.08 bits per heavy atom. The fourth-order valence-electron chi connectivity index (χ4n) is 2.33. The van der Waals surface area contributed by atoms with Crippen molar-refractivity contribution in [1.29, 1.82) is 0 Å². The number of nitrogens with two attached hydrogens (primary N) is 1. The number of benzene rings is 1. The van der Waals surface area contributed by atoms with Crippen LogP contribution in [-0.4, -0.2) is 34.2 Å². The lowest BCUT2D eigenvalue weighted by molar-refractivity contribution is 0.0996. The number of carbonyl (C=O) groups is 1. The van der Waals surface area contributed by atoms with Crippen molar-refractivity contribution in [3.63, 3.8) is 0 Å². The Balaban J connectivity index is 2.10. The van der Waals surface area contributed by atoms with E-state index in [9.17, 15) is 4.79 Å². The summed E-state index contributed by atoms with van der Waals surface area (Å²) >= 11 is 6.23. The van der Waals surface area contributed by atoms with Gasteiger partial charge in [0, 0.05) is 23.3 Å². The van der Waals surface area contributed by atoms with Gasteiger partial charge in [-0.05, 0) is 29.8 Å². The molecule has 0 aliphatic carbocycles. The lowest BCUT2D eigenvalue weighted by Crippen LogP contribution is -2.12. The molecule has 0 saturated heterocycles. The van der Waals surface area contributed by atoms with Crippen LogP contribution in [0.4, 0.5) is 0 Å². The summed E-state index contributed by atoms with van der Waals surface area (Å²) in [6.45, 7) is 0.0730. The molecular formula is C17H14ClN3O3. The second-order valence-electron chi connectivity index (χ2n) is 5.04. The summed E-state index contributed by atoms with van der Waals surface area (Å²) in [5, 5.41) is 10.0. The smallest absolute Gasteiger partial charge is 0.267 e. The molecule has 2 aromatic heterocycles. The molecule has 24 heavy (non-hydrogen) atoms. The Morgan fingerprint density at radius 1 is 1.25 bits per heavy atom. The Kier molecular flexibility index (Phi) is 4.59. The molecule has 1 amide bonds. The van der Waals surface area contributed by atoms with Gasteiger partial charge in [0.15, 0.2) is 0 Å². The van der Waals surface area contributed by atoms with Crippen LogP contribution in [0.25, 0.3) is 22.0 Å². The van der Waals surface area contributed by atoms with Crippen molar-refractivity contribution in [2.45, 2.75) is 0 Å².